The van der Waals surface area contributed by atoms with Gasteiger partial charge in [0, 0.05) is 30.1 Å². The average Bonchev–Trinajstić information content (AvgIpc) is 3.19. The largest absolute Gasteiger partial charge is 0.368 e. The second kappa shape index (κ2) is 5.43. The highest BCUT2D eigenvalue weighted by Gasteiger charge is 2.44. The molecule has 1 atom stereocenters. The number of nitrogen functional groups attached to an aromatic ring is 1. The lowest BCUT2D eigenvalue weighted by molar-refractivity contribution is 0.365. The molecule has 0 amide bonds. The molecule has 1 spiro atoms. The minimum absolute atomic E-state index is 0.102. The van der Waals surface area contributed by atoms with Gasteiger partial charge >= 0.3 is 0 Å². The van der Waals surface area contributed by atoms with E-state index in [-0.39, 0.29) is 11.5 Å². The molecule has 2 heterocycles. The summed E-state index contributed by atoms with van der Waals surface area (Å²) >= 11 is 0. The van der Waals surface area contributed by atoms with E-state index in [2.05, 4.69) is 34.1 Å². The Hall–Kier alpha value is -2.14. The highest BCUT2D eigenvalue weighted by molar-refractivity contribution is 5.57. The molecule has 2 aromatic rings. The monoisotopic (exact) mass is 335 g/mol. The quantitative estimate of drug-likeness (QED) is 0.833. The normalized spacial score (nSPS) is 23.7. The summed E-state index contributed by atoms with van der Waals surface area (Å²) in [5.74, 6) is 1.46. The molecule has 1 aromatic heterocycles. The molecule has 4 N–H and O–H groups in total. The molecule has 1 fully saturated rings. The number of rotatable bonds is 1. The summed E-state index contributed by atoms with van der Waals surface area (Å²) in [6.45, 7) is 1.84. The molecule has 0 saturated carbocycles. The number of nitrogens with zero attached hydrogens (tertiary/aromatic N) is 3. The van der Waals surface area contributed by atoms with Crippen LogP contribution in [0.5, 0.6) is 0 Å². The van der Waals surface area contributed by atoms with Crippen LogP contribution in [0, 0.1) is 0 Å². The lowest BCUT2D eigenvalue weighted by atomic mass is 9.71. The van der Waals surface area contributed by atoms with Gasteiger partial charge in [0.15, 0.2) is 0 Å². The Morgan fingerprint density at radius 1 is 1.12 bits per heavy atom. The van der Waals surface area contributed by atoms with Gasteiger partial charge in [0.25, 0.3) is 0 Å². The van der Waals surface area contributed by atoms with Gasteiger partial charge < -0.3 is 16.4 Å². The van der Waals surface area contributed by atoms with E-state index in [1.165, 1.54) is 35.2 Å². The molecule has 130 valence electrons. The molecule has 5 nitrogen and oxygen atoms in total. The first-order valence-electron chi connectivity index (χ1n) is 9.39. The summed E-state index contributed by atoms with van der Waals surface area (Å²) < 4.78 is 0. The van der Waals surface area contributed by atoms with Crippen LogP contribution in [-0.2, 0) is 24.7 Å². The number of benzene rings is 1. The van der Waals surface area contributed by atoms with Crippen molar-refractivity contribution in [3.63, 3.8) is 0 Å². The van der Waals surface area contributed by atoms with Crippen LogP contribution in [0.1, 0.15) is 41.6 Å². The van der Waals surface area contributed by atoms with Gasteiger partial charge in [-0.15, -0.1) is 0 Å². The van der Waals surface area contributed by atoms with E-state index in [0.717, 1.165) is 44.6 Å². The van der Waals surface area contributed by atoms with Gasteiger partial charge in [-0.25, -0.2) is 4.98 Å². The maximum Gasteiger partial charge on any atom is 0.222 e. The predicted molar refractivity (Wildman–Crippen MR) is 99.7 cm³/mol. The molecule has 1 aromatic carbocycles. The van der Waals surface area contributed by atoms with E-state index in [0.29, 0.717) is 5.95 Å². The van der Waals surface area contributed by atoms with Crippen molar-refractivity contribution in [3.8, 4) is 0 Å². The second-order valence-corrected chi connectivity index (χ2v) is 7.98. The zero-order valence-corrected chi connectivity index (χ0v) is 14.5. The molecular weight excluding hydrogens is 310 g/mol. The topological polar surface area (TPSA) is 81.1 Å². The van der Waals surface area contributed by atoms with Crippen LogP contribution in [0.2, 0.25) is 0 Å². The van der Waals surface area contributed by atoms with Crippen LogP contribution in [0.3, 0.4) is 0 Å². The van der Waals surface area contributed by atoms with Crippen LogP contribution in [0.4, 0.5) is 11.8 Å². The number of hydrogen-bond acceptors (Lipinski definition) is 5. The Morgan fingerprint density at radius 2 is 1.88 bits per heavy atom. The lowest BCUT2D eigenvalue weighted by Gasteiger charge is -2.36. The van der Waals surface area contributed by atoms with Crippen molar-refractivity contribution in [2.24, 2.45) is 5.73 Å². The minimum Gasteiger partial charge on any atom is -0.368 e. The first-order chi connectivity index (χ1) is 12.1. The zero-order valence-electron chi connectivity index (χ0n) is 14.5. The number of aromatic nitrogens is 2. The van der Waals surface area contributed by atoms with Crippen molar-refractivity contribution in [2.45, 2.75) is 50.0 Å². The molecule has 5 rings (SSSR count). The van der Waals surface area contributed by atoms with Gasteiger partial charge in [0.2, 0.25) is 5.95 Å². The third-order valence-corrected chi connectivity index (χ3v) is 6.29. The van der Waals surface area contributed by atoms with Gasteiger partial charge in [0.05, 0.1) is 5.69 Å². The molecule has 5 heteroatoms. The van der Waals surface area contributed by atoms with Crippen LogP contribution < -0.4 is 16.4 Å². The maximum atomic E-state index is 6.16. The van der Waals surface area contributed by atoms with Crippen LogP contribution >= 0.6 is 0 Å². The summed E-state index contributed by atoms with van der Waals surface area (Å²) in [4.78, 5) is 11.8. The molecular formula is C20H25N5. The SMILES string of the molecule is Nc1nc(N2CC[C@@H](N)C2)c2c(n1)C1(CCC2)Cc2ccccc2C1. The first-order valence-corrected chi connectivity index (χ1v) is 9.39. The van der Waals surface area contributed by atoms with Crippen molar-refractivity contribution in [2.75, 3.05) is 23.7 Å². The molecule has 0 radical (unpaired) electrons. The third kappa shape index (κ3) is 2.33. The summed E-state index contributed by atoms with van der Waals surface area (Å²) in [5.41, 5.74) is 17.9. The fraction of sp³-hybridized carbons (Fsp3) is 0.500. The molecule has 25 heavy (non-hydrogen) atoms. The van der Waals surface area contributed by atoms with E-state index in [4.69, 9.17) is 16.5 Å². The first kappa shape index (κ1) is 15.1. The van der Waals surface area contributed by atoms with Crippen LogP contribution in [0.25, 0.3) is 0 Å². The smallest absolute Gasteiger partial charge is 0.222 e. The van der Waals surface area contributed by atoms with E-state index in [1.54, 1.807) is 0 Å². The number of fused-ring (bicyclic) bond motifs is 3. The Labute approximate surface area is 148 Å². The number of hydrogen-bond donors (Lipinski definition) is 2. The zero-order chi connectivity index (χ0) is 17.0. The summed E-state index contributed by atoms with van der Waals surface area (Å²) in [7, 11) is 0. The molecule has 0 unspecified atom stereocenters. The average molecular weight is 335 g/mol. The van der Waals surface area contributed by atoms with Crippen LogP contribution in [-0.4, -0.2) is 29.1 Å². The fourth-order valence-corrected chi connectivity index (χ4v) is 5.16. The van der Waals surface area contributed by atoms with Crippen molar-refractivity contribution in [1.82, 2.24) is 9.97 Å². The van der Waals surface area contributed by atoms with Crippen molar-refractivity contribution in [1.29, 1.82) is 0 Å². The molecule has 1 saturated heterocycles. The lowest BCUT2D eigenvalue weighted by Crippen LogP contribution is -2.36. The predicted octanol–water partition coefficient (Wildman–Crippen LogP) is 1.97. The summed E-state index contributed by atoms with van der Waals surface area (Å²) in [5, 5.41) is 0. The Kier molecular flexibility index (Phi) is 3.29. The van der Waals surface area contributed by atoms with Crippen molar-refractivity contribution in [3.05, 3.63) is 46.6 Å². The molecule has 2 aliphatic carbocycles. The van der Waals surface area contributed by atoms with E-state index in [1.807, 2.05) is 0 Å². The van der Waals surface area contributed by atoms with Gasteiger partial charge in [0.1, 0.15) is 5.82 Å². The summed E-state index contributed by atoms with van der Waals surface area (Å²) in [6, 6.07) is 9.06. The number of anilines is 2. The van der Waals surface area contributed by atoms with E-state index in [9.17, 15) is 0 Å². The standard InChI is InChI=1S/C20H25N5/c21-15-7-9-25(12-15)18-16-6-3-8-20(17(16)23-19(22)24-18)10-13-4-1-2-5-14(13)11-20/h1-2,4-5,15H,3,6-12,21H2,(H2,22,23,24)/t15-/m1/s1. The second-order valence-electron chi connectivity index (χ2n) is 7.98. The minimum atomic E-state index is 0.102. The summed E-state index contributed by atoms with van der Waals surface area (Å²) in [6.07, 6.45) is 6.60. The van der Waals surface area contributed by atoms with Crippen molar-refractivity contribution >= 4 is 11.8 Å². The highest BCUT2D eigenvalue weighted by atomic mass is 15.2. The van der Waals surface area contributed by atoms with Gasteiger partial charge in [-0.05, 0) is 49.7 Å². The van der Waals surface area contributed by atoms with E-state index >= 15 is 0 Å². The van der Waals surface area contributed by atoms with Gasteiger partial charge in [-0.2, -0.15) is 4.98 Å². The van der Waals surface area contributed by atoms with E-state index < -0.39 is 0 Å². The molecule has 1 aliphatic heterocycles. The molecule has 3 aliphatic rings. The number of nitrogens with two attached hydrogens (primary N) is 2. The van der Waals surface area contributed by atoms with Gasteiger partial charge in [-0.3, -0.25) is 0 Å². The van der Waals surface area contributed by atoms with Crippen molar-refractivity contribution < 1.29 is 0 Å². The Morgan fingerprint density at radius 3 is 2.56 bits per heavy atom. The fourth-order valence-electron chi connectivity index (χ4n) is 5.16. The highest BCUT2D eigenvalue weighted by Crippen LogP contribution is 2.48. The Balaban J connectivity index is 1.61. The van der Waals surface area contributed by atoms with Gasteiger partial charge in [-0.1, -0.05) is 24.3 Å². The molecule has 0 bridgehead atoms. The Bertz CT molecular complexity index is 806. The third-order valence-electron chi connectivity index (χ3n) is 6.29. The van der Waals surface area contributed by atoms with Crippen LogP contribution in [0.15, 0.2) is 24.3 Å². The maximum absolute atomic E-state index is 6.16.